The molecule has 32 heavy (non-hydrogen) atoms. The molecular weight excluding hydrogens is 505 g/mol. The van der Waals surface area contributed by atoms with Gasteiger partial charge in [-0.15, -0.1) is 0 Å². The molecule has 1 aromatic heterocycles. The lowest BCUT2D eigenvalue weighted by Gasteiger charge is -2.47. The molecule has 0 amide bonds. The van der Waals surface area contributed by atoms with Crippen LogP contribution in [-0.4, -0.2) is 22.0 Å². The molecule has 2 unspecified atom stereocenters. The van der Waals surface area contributed by atoms with Crippen molar-refractivity contribution in [2.24, 2.45) is 0 Å². The minimum absolute atomic E-state index is 0.0514. The van der Waals surface area contributed by atoms with Crippen LogP contribution in [0.1, 0.15) is 48.5 Å². The average Bonchev–Trinajstić information content (AvgIpc) is 3.06. The fourth-order valence-corrected chi connectivity index (χ4v) is 6.32. The van der Waals surface area contributed by atoms with E-state index >= 15 is 0 Å². The number of rotatable bonds is 4. The lowest BCUT2D eigenvalue weighted by molar-refractivity contribution is 0.0740. The number of hydrogen-bond donors (Lipinski definition) is 0. The summed E-state index contributed by atoms with van der Waals surface area (Å²) in [7, 11) is 0. The predicted molar refractivity (Wildman–Crippen MR) is 132 cm³/mol. The molecule has 2 aromatic carbocycles. The van der Waals surface area contributed by atoms with Gasteiger partial charge in [-0.2, -0.15) is 5.26 Å². The minimum Gasteiger partial charge on any atom is -0.286 e. The maximum atomic E-state index is 10.3. The SMILES string of the molecule is N#CC1(c2ccc(Br)cn2)CC2CCC(C1)N2C(c1ccccc1Cl)c1ccccc1Cl. The van der Waals surface area contributed by atoms with Gasteiger partial charge in [-0.3, -0.25) is 9.88 Å². The highest BCUT2D eigenvalue weighted by Gasteiger charge is 2.52. The number of hydrogen-bond acceptors (Lipinski definition) is 3. The lowest BCUT2D eigenvalue weighted by Crippen LogP contribution is -2.51. The van der Waals surface area contributed by atoms with Crippen molar-refractivity contribution in [2.75, 3.05) is 0 Å². The zero-order valence-corrected chi connectivity index (χ0v) is 20.5. The third kappa shape index (κ3) is 3.76. The topological polar surface area (TPSA) is 39.9 Å². The van der Waals surface area contributed by atoms with E-state index in [0.717, 1.165) is 57.0 Å². The summed E-state index contributed by atoms with van der Waals surface area (Å²) in [6.07, 6.45) is 5.39. The second-order valence-electron chi connectivity index (χ2n) is 8.74. The Morgan fingerprint density at radius 3 is 1.97 bits per heavy atom. The number of aromatic nitrogens is 1. The van der Waals surface area contributed by atoms with E-state index in [4.69, 9.17) is 23.2 Å². The first-order valence-corrected chi connectivity index (χ1v) is 12.4. The van der Waals surface area contributed by atoms with Gasteiger partial charge in [-0.1, -0.05) is 59.6 Å². The largest absolute Gasteiger partial charge is 0.286 e. The molecule has 2 aliphatic heterocycles. The molecule has 3 aromatic rings. The third-order valence-corrected chi connectivity index (χ3v) is 8.13. The molecule has 2 aliphatic rings. The molecule has 0 radical (unpaired) electrons. The standard InChI is InChI=1S/C26H22BrCl2N3/c27-17-9-12-24(31-15-17)26(16-30)13-18-10-11-19(14-26)32(18)25(20-5-1-3-7-22(20)28)21-6-2-4-8-23(21)29/h1-9,12,15,18-19,25H,10-11,13-14H2. The van der Waals surface area contributed by atoms with Crippen molar-refractivity contribution < 1.29 is 0 Å². The van der Waals surface area contributed by atoms with E-state index in [-0.39, 0.29) is 18.1 Å². The van der Waals surface area contributed by atoms with Crippen molar-refractivity contribution in [3.8, 4) is 6.07 Å². The van der Waals surface area contributed by atoms with Crippen LogP contribution in [0.3, 0.4) is 0 Å². The van der Waals surface area contributed by atoms with E-state index in [9.17, 15) is 5.26 Å². The predicted octanol–water partition coefficient (Wildman–Crippen LogP) is 7.33. The van der Waals surface area contributed by atoms with Crippen molar-refractivity contribution in [1.29, 1.82) is 5.26 Å². The zero-order valence-electron chi connectivity index (χ0n) is 17.4. The van der Waals surface area contributed by atoms with Crippen molar-refractivity contribution in [3.63, 3.8) is 0 Å². The summed E-state index contributed by atoms with van der Waals surface area (Å²) < 4.78 is 0.923. The molecule has 6 heteroatoms. The molecule has 0 spiro atoms. The first kappa shape index (κ1) is 21.9. The smallest absolute Gasteiger partial charge is 0.102 e. The Morgan fingerprint density at radius 1 is 0.938 bits per heavy atom. The van der Waals surface area contributed by atoms with Crippen LogP contribution in [-0.2, 0) is 5.41 Å². The van der Waals surface area contributed by atoms with Gasteiger partial charge in [0.2, 0.25) is 0 Å². The molecule has 2 bridgehead atoms. The number of nitriles is 1. The van der Waals surface area contributed by atoms with Gasteiger partial charge in [0, 0.05) is 32.8 Å². The summed E-state index contributed by atoms with van der Waals surface area (Å²) in [6, 6.07) is 23.1. The number of halogens is 3. The number of piperidine rings is 1. The summed E-state index contributed by atoms with van der Waals surface area (Å²) in [6.45, 7) is 0. The van der Waals surface area contributed by atoms with Crippen molar-refractivity contribution in [1.82, 2.24) is 9.88 Å². The Bertz CT molecular complexity index is 1110. The molecule has 3 nitrogen and oxygen atoms in total. The van der Waals surface area contributed by atoms with Gasteiger partial charge in [-0.05, 0) is 77.0 Å². The van der Waals surface area contributed by atoms with Crippen molar-refractivity contribution >= 4 is 39.1 Å². The van der Waals surface area contributed by atoms with Crippen molar-refractivity contribution in [2.45, 2.75) is 49.2 Å². The maximum Gasteiger partial charge on any atom is 0.102 e. The molecule has 2 saturated heterocycles. The van der Waals surface area contributed by atoms with E-state index in [1.54, 1.807) is 6.20 Å². The molecule has 0 N–H and O–H groups in total. The van der Waals surface area contributed by atoms with E-state index in [0.29, 0.717) is 0 Å². The van der Waals surface area contributed by atoms with Crippen molar-refractivity contribution in [3.05, 3.63) is 98.2 Å². The van der Waals surface area contributed by atoms with Gasteiger partial charge in [0.25, 0.3) is 0 Å². The summed E-state index contributed by atoms with van der Waals surface area (Å²) in [4.78, 5) is 7.19. The molecule has 0 aliphatic carbocycles. The Hall–Kier alpha value is -1.90. The average molecular weight is 527 g/mol. The summed E-state index contributed by atoms with van der Waals surface area (Å²) in [5.74, 6) is 0. The molecule has 2 atom stereocenters. The first-order valence-electron chi connectivity index (χ1n) is 10.8. The van der Waals surface area contributed by atoms with Crippen LogP contribution >= 0.6 is 39.1 Å². The van der Waals surface area contributed by atoms with Gasteiger partial charge in [-0.25, -0.2) is 0 Å². The fraction of sp³-hybridized carbons (Fsp3) is 0.308. The van der Waals surface area contributed by atoms with Crippen LogP contribution in [0.5, 0.6) is 0 Å². The Morgan fingerprint density at radius 2 is 1.50 bits per heavy atom. The first-order chi connectivity index (χ1) is 15.5. The normalized spacial score (nSPS) is 25.1. The molecule has 3 heterocycles. The van der Waals surface area contributed by atoms with Gasteiger partial charge in [0.15, 0.2) is 0 Å². The quantitative estimate of drug-likeness (QED) is 0.357. The Labute approximate surface area is 207 Å². The van der Waals surface area contributed by atoms with Gasteiger partial charge in [0.05, 0.1) is 17.8 Å². The number of pyridine rings is 1. The van der Waals surface area contributed by atoms with Crippen LogP contribution in [0.2, 0.25) is 10.0 Å². The van der Waals surface area contributed by atoms with Crippen LogP contribution < -0.4 is 0 Å². The molecule has 2 fully saturated rings. The fourth-order valence-electron chi connectivity index (χ4n) is 5.60. The highest BCUT2D eigenvalue weighted by Crippen LogP contribution is 2.52. The van der Waals surface area contributed by atoms with E-state index in [2.05, 4.69) is 44.0 Å². The molecule has 162 valence electrons. The minimum atomic E-state index is -0.575. The Balaban J connectivity index is 1.58. The van der Waals surface area contributed by atoms with Crippen LogP contribution in [0.25, 0.3) is 0 Å². The maximum absolute atomic E-state index is 10.3. The number of fused-ring (bicyclic) bond motifs is 2. The van der Waals surface area contributed by atoms with Crippen LogP contribution in [0.4, 0.5) is 0 Å². The number of benzene rings is 2. The lowest BCUT2D eigenvalue weighted by atomic mass is 9.72. The number of nitrogens with zero attached hydrogens (tertiary/aromatic N) is 3. The molecule has 5 rings (SSSR count). The van der Waals surface area contributed by atoms with Gasteiger partial charge in [0.1, 0.15) is 5.41 Å². The highest BCUT2D eigenvalue weighted by molar-refractivity contribution is 9.10. The summed E-state index contributed by atoms with van der Waals surface area (Å²) in [5.41, 5.74) is 2.41. The van der Waals surface area contributed by atoms with E-state index < -0.39 is 5.41 Å². The second kappa shape index (κ2) is 8.80. The van der Waals surface area contributed by atoms with E-state index in [1.165, 1.54) is 0 Å². The Kier molecular flexibility index (Phi) is 6.03. The molecular formula is C26H22BrCl2N3. The zero-order chi connectivity index (χ0) is 22.3. The molecule has 0 saturated carbocycles. The van der Waals surface area contributed by atoms with Crippen LogP contribution in [0, 0.1) is 11.3 Å². The van der Waals surface area contributed by atoms with Gasteiger partial charge < -0.3 is 0 Å². The highest BCUT2D eigenvalue weighted by atomic mass is 79.9. The van der Waals surface area contributed by atoms with Crippen LogP contribution in [0.15, 0.2) is 71.3 Å². The second-order valence-corrected chi connectivity index (χ2v) is 10.5. The van der Waals surface area contributed by atoms with E-state index in [1.807, 2.05) is 48.5 Å². The third-order valence-electron chi connectivity index (χ3n) is 6.97. The summed E-state index contributed by atoms with van der Waals surface area (Å²) >= 11 is 16.9. The van der Waals surface area contributed by atoms with Gasteiger partial charge >= 0.3 is 0 Å². The monoisotopic (exact) mass is 525 g/mol. The summed E-state index contributed by atoms with van der Waals surface area (Å²) in [5, 5.41) is 11.8.